The lowest BCUT2D eigenvalue weighted by Crippen LogP contribution is -2.15. The van der Waals surface area contributed by atoms with E-state index in [1.54, 1.807) is 18.2 Å². The van der Waals surface area contributed by atoms with Crippen LogP contribution in [0.5, 0.6) is 5.88 Å². The zero-order valence-electron chi connectivity index (χ0n) is 18.0. The highest BCUT2D eigenvalue weighted by molar-refractivity contribution is 5.94. The summed E-state index contributed by atoms with van der Waals surface area (Å²) in [6, 6.07) is 15.2. The molecule has 1 atom stereocenters. The first-order chi connectivity index (χ1) is 15.7. The van der Waals surface area contributed by atoms with Crippen LogP contribution in [0.15, 0.2) is 60.8 Å². The normalized spacial score (nSPS) is 12.6. The van der Waals surface area contributed by atoms with Crippen molar-refractivity contribution < 1.29 is 22.7 Å². The Bertz CT molecular complexity index is 1270. The number of carbonyl (C=O) groups is 1. The van der Waals surface area contributed by atoms with Crippen molar-refractivity contribution in [1.82, 2.24) is 19.7 Å². The molecule has 6 nitrogen and oxygen atoms in total. The maximum absolute atomic E-state index is 14.0. The van der Waals surface area contributed by atoms with Crippen LogP contribution < -0.4 is 4.74 Å². The standard InChI is InChI=1S/C24H21F3N4O2/c1-15(16-8-4-3-5-9-16)12-17(32)14-33-20-13-18(24(25,26)27)21-22(19-10-6-7-11-28-19)30-31(2)23(21)29-20/h3-11,13,15H,12,14H2,1-2H3/t15-/m1/s1. The number of hydrogen-bond acceptors (Lipinski definition) is 5. The number of alkyl halides is 3. The van der Waals surface area contributed by atoms with Crippen molar-refractivity contribution in [2.24, 2.45) is 7.05 Å². The number of pyridine rings is 2. The van der Waals surface area contributed by atoms with Crippen LogP contribution in [0, 0.1) is 0 Å². The second-order valence-corrected chi connectivity index (χ2v) is 7.73. The number of carbonyl (C=O) groups excluding carboxylic acids is 1. The van der Waals surface area contributed by atoms with Gasteiger partial charge in [0, 0.05) is 25.7 Å². The molecule has 4 rings (SSSR count). The van der Waals surface area contributed by atoms with Crippen molar-refractivity contribution in [2.45, 2.75) is 25.4 Å². The number of hydrogen-bond donors (Lipinski definition) is 0. The highest BCUT2D eigenvalue weighted by atomic mass is 19.4. The molecule has 9 heteroatoms. The van der Waals surface area contributed by atoms with Gasteiger partial charge in [0.15, 0.2) is 11.4 Å². The average Bonchev–Trinajstić information content (AvgIpc) is 3.14. The Morgan fingerprint density at radius 1 is 1.12 bits per heavy atom. The van der Waals surface area contributed by atoms with Crippen molar-refractivity contribution in [2.75, 3.05) is 6.61 Å². The molecule has 0 fully saturated rings. The van der Waals surface area contributed by atoms with Crippen LogP contribution in [0.25, 0.3) is 22.4 Å². The van der Waals surface area contributed by atoms with Crippen LogP contribution in [0.4, 0.5) is 13.2 Å². The van der Waals surface area contributed by atoms with Crippen LogP contribution >= 0.6 is 0 Å². The van der Waals surface area contributed by atoms with Crippen molar-refractivity contribution in [3.63, 3.8) is 0 Å². The Morgan fingerprint density at radius 3 is 2.52 bits per heavy atom. The summed E-state index contributed by atoms with van der Waals surface area (Å²) in [5, 5.41) is 4.05. The van der Waals surface area contributed by atoms with Crippen molar-refractivity contribution in [3.05, 3.63) is 71.9 Å². The number of halogens is 3. The summed E-state index contributed by atoms with van der Waals surface area (Å²) < 4.78 is 48.5. The van der Waals surface area contributed by atoms with Crippen molar-refractivity contribution >= 4 is 16.8 Å². The molecule has 0 unspecified atom stereocenters. The number of aromatic nitrogens is 4. The van der Waals surface area contributed by atoms with Gasteiger partial charge in [-0.3, -0.25) is 9.78 Å². The molecular formula is C24H21F3N4O2. The number of benzene rings is 1. The molecule has 0 aliphatic carbocycles. The number of nitrogens with zero attached hydrogens (tertiary/aromatic N) is 4. The van der Waals surface area contributed by atoms with Crippen molar-refractivity contribution in [3.8, 4) is 17.3 Å². The fourth-order valence-corrected chi connectivity index (χ4v) is 3.66. The van der Waals surface area contributed by atoms with Crippen LogP contribution in [0.1, 0.15) is 30.4 Å². The smallest absolute Gasteiger partial charge is 0.417 e. The van der Waals surface area contributed by atoms with Gasteiger partial charge in [-0.05, 0) is 23.6 Å². The van der Waals surface area contributed by atoms with E-state index < -0.39 is 11.7 Å². The summed E-state index contributed by atoms with van der Waals surface area (Å²) in [5.41, 5.74) is 0.426. The second kappa shape index (κ2) is 9.01. The van der Waals surface area contributed by atoms with E-state index in [0.717, 1.165) is 11.6 Å². The molecule has 0 aliphatic heterocycles. The van der Waals surface area contributed by atoms with Crippen LogP contribution in [0.3, 0.4) is 0 Å². The molecule has 170 valence electrons. The highest BCUT2D eigenvalue weighted by Crippen LogP contribution is 2.40. The van der Waals surface area contributed by atoms with Gasteiger partial charge in [0.1, 0.15) is 12.3 Å². The second-order valence-electron chi connectivity index (χ2n) is 7.73. The molecule has 0 spiro atoms. The van der Waals surface area contributed by atoms with Crippen LogP contribution in [-0.4, -0.2) is 32.1 Å². The number of aryl methyl sites for hydroxylation is 1. The van der Waals surface area contributed by atoms with E-state index in [0.29, 0.717) is 5.69 Å². The summed E-state index contributed by atoms with van der Waals surface area (Å²) in [7, 11) is 1.50. The minimum atomic E-state index is -4.68. The van der Waals surface area contributed by atoms with E-state index in [2.05, 4.69) is 15.1 Å². The Morgan fingerprint density at radius 2 is 1.85 bits per heavy atom. The molecule has 1 aromatic carbocycles. The lowest BCUT2D eigenvalue weighted by atomic mass is 9.96. The minimum Gasteiger partial charge on any atom is -0.470 e. The van der Waals surface area contributed by atoms with E-state index in [-0.39, 0.29) is 47.3 Å². The predicted molar refractivity (Wildman–Crippen MR) is 117 cm³/mol. The topological polar surface area (TPSA) is 69.9 Å². The molecule has 0 saturated carbocycles. The quantitative estimate of drug-likeness (QED) is 0.384. The minimum absolute atomic E-state index is 0.00872. The highest BCUT2D eigenvalue weighted by Gasteiger charge is 2.36. The van der Waals surface area contributed by atoms with E-state index in [9.17, 15) is 18.0 Å². The molecule has 4 aromatic rings. The fraction of sp³-hybridized carbons (Fsp3) is 0.250. The lowest BCUT2D eigenvalue weighted by molar-refractivity contribution is -0.136. The van der Waals surface area contributed by atoms with Gasteiger partial charge >= 0.3 is 6.18 Å². The Labute approximate surface area is 188 Å². The maximum Gasteiger partial charge on any atom is 0.417 e. The van der Waals surface area contributed by atoms with Gasteiger partial charge in [-0.25, -0.2) is 4.68 Å². The number of ketones is 1. The first-order valence-corrected chi connectivity index (χ1v) is 10.3. The Balaban J connectivity index is 1.61. The number of fused-ring (bicyclic) bond motifs is 1. The molecule has 0 aliphatic rings. The third-order valence-corrected chi connectivity index (χ3v) is 5.27. The summed E-state index contributed by atoms with van der Waals surface area (Å²) in [6.45, 7) is 1.53. The summed E-state index contributed by atoms with van der Waals surface area (Å²) in [4.78, 5) is 20.7. The predicted octanol–water partition coefficient (Wildman–Crippen LogP) is 5.19. The van der Waals surface area contributed by atoms with Gasteiger partial charge in [0.2, 0.25) is 5.88 Å². The Hall–Kier alpha value is -3.75. The SMILES string of the molecule is C[C@H](CC(=O)COc1cc(C(F)(F)F)c2c(-c3ccccn3)nn(C)c2n1)c1ccccc1. The van der Waals surface area contributed by atoms with Gasteiger partial charge in [0.05, 0.1) is 16.6 Å². The van der Waals surface area contributed by atoms with Gasteiger partial charge < -0.3 is 4.74 Å². The van der Waals surface area contributed by atoms with Gasteiger partial charge in [0.25, 0.3) is 0 Å². The van der Waals surface area contributed by atoms with E-state index in [1.807, 2.05) is 37.3 Å². The van der Waals surface area contributed by atoms with Crippen LogP contribution in [0.2, 0.25) is 0 Å². The number of rotatable bonds is 7. The molecule has 33 heavy (non-hydrogen) atoms. The molecule has 0 saturated heterocycles. The lowest BCUT2D eigenvalue weighted by Gasteiger charge is -2.13. The molecule has 3 heterocycles. The van der Waals surface area contributed by atoms with E-state index in [1.165, 1.54) is 17.9 Å². The number of ether oxygens (including phenoxy) is 1. The Kier molecular flexibility index (Phi) is 6.13. The average molecular weight is 454 g/mol. The summed E-state index contributed by atoms with van der Waals surface area (Å²) in [5.74, 6) is -0.562. The third-order valence-electron chi connectivity index (χ3n) is 5.27. The van der Waals surface area contributed by atoms with Crippen LogP contribution in [-0.2, 0) is 18.0 Å². The van der Waals surface area contributed by atoms with Gasteiger partial charge in [-0.1, -0.05) is 43.3 Å². The van der Waals surface area contributed by atoms with Crippen molar-refractivity contribution in [1.29, 1.82) is 0 Å². The molecule has 0 bridgehead atoms. The zero-order valence-corrected chi connectivity index (χ0v) is 18.0. The van der Waals surface area contributed by atoms with Gasteiger partial charge in [-0.2, -0.15) is 23.3 Å². The molecule has 0 N–H and O–H groups in total. The first-order valence-electron chi connectivity index (χ1n) is 10.3. The van der Waals surface area contributed by atoms with E-state index in [4.69, 9.17) is 4.74 Å². The summed E-state index contributed by atoms with van der Waals surface area (Å²) >= 11 is 0. The molecule has 0 radical (unpaired) electrons. The molecule has 0 amide bonds. The monoisotopic (exact) mass is 454 g/mol. The number of Topliss-reactive ketones (excluding diaryl/α,β-unsaturated/α-hetero) is 1. The van der Waals surface area contributed by atoms with Gasteiger partial charge in [-0.15, -0.1) is 0 Å². The molecular weight excluding hydrogens is 433 g/mol. The maximum atomic E-state index is 14.0. The van der Waals surface area contributed by atoms with E-state index >= 15 is 0 Å². The fourth-order valence-electron chi connectivity index (χ4n) is 3.66. The largest absolute Gasteiger partial charge is 0.470 e. The summed E-state index contributed by atoms with van der Waals surface area (Å²) in [6.07, 6.45) is -3.00. The molecule has 3 aromatic heterocycles. The first kappa shape index (κ1) is 22.4. The third kappa shape index (κ3) is 4.87. The zero-order chi connectivity index (χ0) is 23.6.